The van der Waals surface area contributed by atoms with Gasteiger partial charge in [0.15, 0.2) is 0 Å². The number of nitrogens with one attached hydrogen (secondary N) is 1. The third-order valence-electron chi connectivity index (χ3n) is 2.65. The average molecular weight is 310 g/mol. The summed E-state index contributed by atoms with van der Waals surface area (Å²) in [5.74, 6) is 0.858. The van der Waals surface area contributed by atoms with Crippen LogP contribution >= 0.6 is 15.9 Å². The van der Waals surface area contributed by atoms with Crippen molar-refractivity contribution in [2.24, 2.45) is 0 Å². The molecule has 5 heteroatoms. The molecule has 0 aliphatic carbocycles. The molecule has 0 fully saturated rings. The average Bonchev–Trinajstić information content (AvgIpc) is 2.88. The van der Waals surface area contributed by atoms with Crippen LogP contribution in [0.5, 0.6) is 5.75 Å². The van der Waals surface area contributed by atoms with Crippen LogP contribution in [0, 0.1) is 0 Å². The molecule has 1 aromatic carbocycles. The van der Waals surface area contributed by atoms with E-state index in [4.69, 9.17) is 4.74 Å². The quantitative estimate of drug-likeness (QED) is 0.833. The van der Waals surface area contributed by atoms with Crippen molar-refractivity contribution in [3.63, 3.8) is 0 Å². The Bertz CT molecular complexity index is 485. The lowest BCUT2D eigenvalue weighted by Crippen LogP contribution is -2.18. The fourth-order valence-electron chi connectivity index (χ4n) is 1.68. The lowest BCUT2D eigenvalue weighted by atomic mass is 10.2. The normalized spacial score (nSPS) is 10.6. The smallest absolute Gasteiger partial charge is 0.133 e. The molecule has 1 heterocycles. The van der Waals surface area contributed by atoms with Gasteiger partial charge in [-0.2, -0.15) is 0 Å². The van der Waals surface area contributed by atoms with Crippen molar-refractivity contribution in [2.75, 3.05) is 13.7 Å². The zero-order valence-corrected chi connectivity index (χ0v) is 11.9. The van der Waals surface area contributed by atoms with E-state index in [1.54, 1.807) is 13.3 Å². The standard InChI is InChI=1S/C13H16BrN3O/c1-18-13-3-2-11(8-12(13)14)9-15-4-6-17-7-5-16-10-17/h2-3,5,7-8,10,15H,4,6,9H2,1H3. The molecule has 0 bridgehead atoms. The van der Waals surface area contributed by atoms with E-state index in [9.17, 15) is 0 Å². The molecule has 0 aliphatic heterocycles. The molecule has 2 rings (SSSR count). The molecule has 18 heavy (non-hydrogen) atoms. The number of hydrogen-bond donors (Lipinski definition) is 1. The van der Waals surface area contributed by atoms with Crippen LogP contribution in [0.1, 0.15) is 5.56 Å². The maximum absolute atomic E-state index is 5.20. The van der Waals surface area contributed by atoms with Gasteiger partial charge in [-0.05, 0) is 33.6 Å². The fraction of sp³-hybridized carbons (Fsp3) is 0.308. The van der Waals surface area contributed by atoms with Gasteiger partial charge < -0.3 is 14.6 Å². The summed E-state index contributed by atoms with van der Waals surface area (Å²) in [5, 5.41) is 3.39. The minimum Gasteiger partial charge on any atom is -0.496 e. The second-order valence-corrected chi connectivity index (χ2v) is 4.80. The van der Waals surface area contributed by atoms with Crippen molar-refractivity contribution in [1.29, 1.82) is 0 Å². The van der Waals surface area contributed by atoms with E-state index in [0.29, 0.717) is 0 Å². The number of rotatable bonds is 6. The molecule has 0 atom stereocenters. The summed E-state index contributed by atoms with van der Waals surface area (Å²) < 4.78 is 8.23. The van der Waals surface area contributed by atoms with E-state index >= 15 is 0 Å². The first-order valence-corrected chi connectivity index (χ1v) is 6.58. The predicted molar refractivity (Wildman–Crippen MR) is 74.6 cm³/mol. The van der Waals surface area contributed by atoms with Crippen molar-refractivity contribution < 1.29 is 4.74 Å². The van der Waals surface area contributed by atoms with Gasteiger partial charge in [-0.15, -0.1) is 0 Å². The van der Waals surface area contributed by atoms with E-state index in [0.717, 1.165) is 29.9 Å². The Morgan fingerprint density at radius 2 is 2.33 bits per heavy atom. The van der Waals surface area contributed by atoms with E-state index in [1.807, 2.05) is 18.6 Å². The summed E-state index contributed by atoms with van der Waals surface area (Å²) in [5.41, 5.74) is 1.23. The highest BCUT2D eigenvalue weighted by molar-refractivity contribution is 9.10. The second kappa shape index (κ2) is 6.56. The van der Waals surface area contributed by atoms with Gasteiger partial charge in [0.05, 0.1) is 17.9 Å². The summed E-state index contributed by atoms with van der Waals surface area (Å²) in [6.07, 6.45) is 5.58. The minimum absolute atomic E-state index is 0.845. The monoisotopic (exact) mass is 309 g/mol. The molecule has 4 nitrogen and oxygen atoms in total. The SMILES string of the molecule is COc1ccc(CNCCn2ccnc2)cc1Br. The van der Waals surface area contributed by atoms with Gasteiger partial charge in [0.25, 0.3) is 0 Å². The Balaban J connectivity index is 1.78. The summed E-state index contributed by atoms with van der Waals surface area (Å²) in [6.45, 7) is 2.69. The second-order valence-electron chi connectivity index (χ2n) is 3.95. The van der Waals surface area contributed by atoms with Gasteiger partial charge in [-0.3, -0.25) is 0 Å². The van der Waals surface area contributed by atoms with Crippen molar-refractivity contribution in [1.82, 2.24) is 14.9 Å². The lowest BCUT2D eigenvalue weighted by molar-refractivity contribution is 0.412. The van der Waals surface area contributed by atoms with Crippen molar-refractivity contribution in [2.45, 2.75) is 13.1 Å². The zero-order valence-electron chi connectivity index (χ0n) is 10.3. The molecular weight excluding hydrogens is 294 g/mol. The molecule has 0 unspecified atom stereocenters. The fourth-order valence-corrected chi connectivity index (χ4v) is 2.27. The highest BCUT2D eigenvalue weighted by atomic mass is 79.9. The van der Waals surface area contributed by atoms with Crippen LogP contribution in [0.3, 0.4) is 0 Å². The van der Waals surface area contributed by atoms with Gasteiger partial charge in [0, 0.05) is 32.0 Å². The Labute approximate surface area is 115 Å². The topological polar surface area (TPSA) is 39.1 Å². The van der Waals surface area contributed by atoms with E-state index in [2.05, 4.69) is 42.9 Å². The number of ether oxygens (including phenoxy) is 1. The van der Waals surface area contributed by atoms with Crippen molar-refractivity contribution >= 4 is 15.9 Å². The first kappa shape index (κ1) is 13.1. The van der Waals surface area contributed by atoms with Crippen LogP contribution in [0.4, 0.5) is 0 Å². The highest BCUT2D eigenvalue weighted by Gasteiger charge is 2.00. The summed E-state index contributed by atoms with van der Waals surface area (Å²) in [6, 6.07) is 6.10. The number of methoxy groups -OCH3 is 1. The Morgan fingerprint density at radius 1 is 1.44 bits per heavy atom. The molecule has 0 radical (unpaired) electrons. The van der Waals surface area contributed by atoms with E-state index in [1.165, 1.54) is 5.56 Å². The molecule has 1 aromatic heterocycles. The summed E-state index contributed by atoms with van der Waals surface area (Å²) >= 11 is 3.48. The first-order chi connectivity index (χ1) is 8.79. The maximum Gasteiger partial charge on any atom is 0.133 e. The third kappa shape index (κ3) is 3.58. The molecular formula is C13H16BrN3O. The number of benzene rings is 1. The molecule has 2 aromatic rings. The van der Waals surface area contributed by atoms with Gasteiger partial charge in [-0.1, -0.05) is 6.07 Å². The van der Waals surface area contributed by atoms with Crippen molar-refractivity contribution in [3.05, 3.63) is 47.0 Å². The van der Waals surface area contributed by atoms with Crippen LogP contribution in [-0.4, -0.2) is 23.2 Å². The van der Waals surface area contributed by atoms with Gasteiger partial charge in [0.2, 0.25) is 0 Å². The Morgan fingerprint density at radius 3 is 3.00 bits per heavy atom. The van der Waals surface area contributed by atoms with E-state index < -0.39 is 0 Å². The molecule has 96 valence electrons. The number of imidazole rings is 1. The van der Waals surface area contributed by atoms with Gasteiger partial charge in [0.1, 0.15) is 5.75 Å². The maximum atomic E-state index is 5.20. The number of halogens is 1. The van der Waals surface area contributed by atoms with Crippen LogP contribution in [0.25, 0.3) is 0 Å². The van der Waals surface area contributed by atoms with Crippen molar-refractivity contribution in [3.8, 4) is 5.75 Å². The lowest BCUT2D eigenvalue weighted by Gasteiger charge is -2.08. The summed E-state index contributed by atoms with van der Waals surface area (Å²) in [4.78, 5) is 4.00. The molecule has 1 N–H and O–H groups in total. The molecule has 0 spiro atoms. The minimum atomic E-state index is 0.845. The van der Waals surface area contributed by atoms with E-state index in [-0.39, 0.29) is 0 Å². The molecule has 0 saturated heterocycles. The third-order valence-corrected chi connectivity index (χ3v) is 3.27. The zero-order chi connectivity index (χ0) is 12.8. The molecule has 0 aliphatic rings. The first-order valence-electron chi connectivity index (χ1n) is 5.78. The van der Waals surface area contributed by atoms with Crippen LogP contribution in [0.2, 0.25) is 0 Å². The highest BCUT2D eigenvalue weighted by Crippen LogP contribution is 2.25. The van der Waals surface area contributed by atoms with Crippen LogP contribution < -0.4 is 10.1 Å². The number of nitrogens with zero attached hydrogens (tertiary/aromatic N) is 2. The van der Waals surface area contributed by atoms with Gasteiger partial charge >= 0.3 is 0 Å². The summed E-state index contributed by atoms with van der Waals surface area (Å²) in [7, 11) is 1.67. The largest absolute Gasteiger partial charge is 0.496 e. The molecule has 0 amide bonds. The predicted octanol–water partition coefficient (Wildman–Crippen LogP) is 2.44. The van der Waals surface area contributed by atoms with Crippen LogP contribution in [0.15, 0.2) is 41.4 Å². The Kier molecular flexibility index (Phi) is 4.78. The van der Waals surface area contributed by atoms with Gasteiger partial charge in [-0.25, -0.2) is 4.98 Å². The number of hydrogen-bond acceptors (Lipinski definition) is 3. The number of aromatic nitrogens is 2. The Hall–Kier alpha value is -1.33. The molecule has 0 saturated carbocycles. The van der Waals surface area contributed by atoms with Crippen LogP contribution in [-0.2, 0) is 13.1 Å².